The molecule has 0 fully saturated rings. The van der Waals surface area contributed by atoms with Crippen LogP contribution in [-0.4, -0.2) is 64.8 Å². The number of hydrogen-bond acceptors (Lipinski definition) is 9. The molecule has 0 radical (unpaired) electrons. The number of ether oxygens (including phenoxy) is 3. The number of carbonyl (C=O) groups excluding carboxylic acids is 3. The monoisotopic (exact) mass is 572 g/mol. The van der Waals surface area contributed by atoms with E-state index in [1.165, 1.54) is 12.0 Å². The molecule has 2 rings (SSSR count). The standard InChI is InChI=1S/C29H40N4O8/c1-17(39-10)31-20-15-16-32(19-13-11-18(12-14-19)29(8,9)24(35)36)23(34)21(20)22(30)33(25(37)40-27(2,3)4)26(38)41-28(5,6)7/h11-14,30-31H,1,15-16H2,2-10H3,(H,35,36). The van der Waals surface area contributed by atoms with Crippen molar-refractivity contribution in [3.05, 3.63) is 53.6 Å². The molecule has 0 saturated carbocycles. The SMILES string of the molecule is C=C(NC1=C(C(=N)N(C(=O)OC(C)(C)C)C(=O)OC(C)(C)C)C(=O)N(c2ccc(C(C)(C)C(=O)O)cc2)CC1)OC. The average molecular weight is 573 g/mol. The maximum absolute atomic E-state index is 13.9. The molecule has 1 aliphatic rings. The van der Waals surface area contributed by atoms with E-state index in [4.69, 9.17) is 19.6 Å². The summed E-state index contributed by atoms with van der Waals surface area (Å²) in [5, 5.41) is 21.3. The van der Waals surface area contributed by atoms with Gasteiger partial charge in [0.2, 0.25) is 0 Å². The first kappa shape index (κ1) is 32.9. The Balaban J connectivity index is 2.62. The highest BCUT2D eigenvalue weighted by Gasteiger charge is 2.41. The van der Waals surface area contributed by atoms with E-state index in [1.807, 2.05) is 0 Å². The van der Waals surface area contributed by atoms with Crippen LogP contribution < -0.4 is 10.2 Å². The lowest BCUT2D eigenvalue weighted by molar-refractivity contribution is -0.142. The van der Waals surface area contributed by atoms with Gasteiger partial charge in [0.25, 0.3) is 5.91 Å². The fourth-order valence-electron chi connectivity index (χ4n) is 3.71. The zero-order valence-corrected chi connectivity index (χ0v) is 25.1. The average Bonchev–Trinajstić information content (AvgIpc) is 2.81. The van der Waals surface area contributed by atoms with Crippen molar-refractivity contribution in [3.8, 4) is 0 Å². The molecule has 224 valence electrons. The maximum Gasteiger partial charge on any atom is 0.425 e. The number of nitrogens with zero attached hydrogens (tertiary/aromatic N) is 2. The molecule has 1 aliphatic heterocycles. The lowest BCUT2D eigenvalue weighted by Crippen LogP contribution is -2.51. The molecular weight excluding hydrogens is 532 g/mol. The van der Waals surface area contributed by atoms with Crippen LogP contribution in [0.2, 0.25) is 0 Å². The van der Waals surface area contributed by atoms with Crippen LogP contribution >= 0.6 is 0 Å². The molecule has 0 aromatic heterocycles. The van der Waals surface area contributed by atoms with Gasteiger partial charge in [-0.05, 0) is 79.7 Å². The van der Waals surface area contributed by atoms with E-state index in [-0.39, 0.29) is 30.1 Å². The zero-order chi connectivity index (χ0) is 31.5. The summed E-state index contributed by atoms with van der Waals surface area (Å²) in [6, 6.07) is 6.43. The smallest absolute Gasteiger partial charge is 0.425 e. The van der Waals surface area contributed by atoms with Crippen LogP contribution in [0.5, 0.6) is 0 Å². The minimum Gasteiger partial charge on any atom is -0.483 e. The van der Waals surface area contributed by atoms with Crippen molar-refractivity contribution >= 4 is 35.6 Å². The molecule has 1 heterocycles. The largest absolute Gasteiger partial charge is 0.483 e. The summed E-state index contributed by atoms with van der Waals surface area (Å²) in [5.74, 6) is -2.39. The van der Waals surface area contributed by atoms with Crippen LogP contribution in [0.15, 0.2) is 48.0 Å². The Bertz CT molecular complexity index is 1240. The second-order valence-electron chi connectivity index (χ2n) is 11.9. The van der Waals surface area contributed by atoms with Crippen molar-refractivity contribution in [1.82, 2.24) is 10.2 Å². The number of carbonyl (C=O) groups is 4. The van der Waals surface area contributed by atoms with Crippen LogP contribution in [-0.2, 0) is 29.2 Å². The van der Waals surface area contributed by atoms with E-state index in [9.17, 15) is 24.3 Å². The van der Waals surface area contributed by atoms with E-state index in [0.29, 0.717) is 16.2 Å². The lowest BCUT2D eigenvalue weighted by atomic mass is 9.85. The maximum atomic E-state index is 13.9. The van der Waals surface area contributed by atoms with Crippen LogP contribution in [0, 0.1) is 5.41 Å². The molecule has 0 unspecified atom stereocenters. The van der Waals surface area contributed by atoms with Gasteiger partial charge in [-0.2, -0.15) is 4.90 Å². The van der Waals surface area contributed by atoms with Gasteiger partial charge in [-0.3, -0.25) is 15.0 Å². The van der Waals surface area contributed by atoms with Gasteiger partial charge in [0.1, 0.15) is 16.8 Å². The van der Waals surface area contributed by atoms with Gasteiger partial charge >= 0.3 is 18.2 Å². The second-order valence-corrected chi connectivity index (χ2v) is 11.9. The van der Waals surface area contributed by atoms with Crippen molar-refractivity contribution in [1.29, 1.82) is 5.41 Å². The highest BCUT2D eigenvalue weighted by Crippen LogP contribution is 2.30. The molecule has 12 nitrogen and oxygen atoms in total. The number of carboxylic acid groups (broad SMARTS) is 1. The third-order valence-corrected chi connectivity index (χ3v) is 5.93. The Labute approximate surface area is 240 Å². The Hall–Kier alpha value is -4.35. The Kier molecular flexibility index (Phi) is 9.64. The van der Waals surface area contributed by atoms with E-state index >= 15 is 0 Å². The van der Waals surface area contributed by atoms with Crippen molar-refractivity contribution < 1.29 is 38.5 Å². The van der Waals surface area contributed by atoms with Gasteiger partial charge in [0.05, 0.1) is 12.5 Å². The van der Waals surface area contributed by atoms with E-state index in [1.54, 1.807) is 79.7 Å². The molecule has 3 amide bonds. The Morgan fingerprint density at radius 2 is 1.46 bits per heavy atom. The number of amidine groups is 1. The first-order valence-electron chi connectivity index (χ1n) is 12.9. The van der Waals surface area contributed by atoms with Crippen molar-refractivity contribution in [2.45, 2.75) is 78.4 Å². The number of methoxy groups -OCH3 is 1. The third kappa shape index (κ3) is 8.09. The molecule has 0 bridgehead atoms. The number of carboxylic acids is 1. The van der Waals surface area contributed by atoms with E-state index in [2.05, 4.69) is 11.9 Å². The molecule has 12 heteroatoms. The number of anilines is 1. The Morgan fingerprint density at radius 3 is 1.88 bits per heavy atom. The van der Waals surface area contributed by atoms with Crippen LogP contribution in [0.4, 0.5) is 15.3 Å². The highest BCUT2D eigenvalue weighted by atomic mass is 16.6. The number of rotatable bonds is 7. The van der Waals surface area contributed by atoms with Crippen molar-refractivity contribution in [2.24, 2.45) is 0 Å². The topological polar surface area (TPSA) is 159 Å². The minimum atomic E-state index is -1.20. The Morgan fingerprint density at radius 1 is 0.976 bits per heavy atom. The molecule has 1 aromatic rings. The van der Waals surface area contributed by atoms with Gasteiger partial charge in [0, 0.05) is 24.4 Å². The first-order chi connectivity index (χ1) is 18.7. The van der Waals surface area contributed by atoms with E-state index in [0.717, 1.165) is 0 Å². The summed E-state index contributed by atoms with van der Waals surface area (Å²) in [7, 11) is 1.37. The van der Waals surface area contributed by atoms with Crippen LogP contribution in [0.3, 0.4) is 0 Å². The number of benzene rings is 1. The summed E-state index contributed by atoms with van der Waals surface area (Å²) in [4.78, 5) is 53.8. The third-order valence-electron chi connectivity index (χ3n) is 5.93. The molecule has 0 saturated heterocycles. The van der Waals surface area contributed by atoms with Crippen molar-refractivity contribution in [2.75, 3.05) is 18.6 Å². The molecule has 0 aliphatic carbocycles. The second kappa shape index (κ2) is 12.0. The summed E-state index contributed by atoms with van der Waals surface area (Å²) in [6.45, 7) is 16.6. The predicted octanol–water partition coefficient (Wildman–Crippen LogP) is 4.90. The number of nitrogens with one attached hydrogen (secondary N) is 2. The van der Waals surface area contributed by atoms with E-state index < -0.39 is 46.5 Å². The van der Waals surface area contributed by atoms with Crippen LogP contribution in [0.1, 0.15) is 67.4 Å². The quantitative estimate of drug-likeness (QED) is 0.235. The van der Waals surface area contributed by atoms with Gasteiger partial charge in [-0.1, -0.05) is 12.1 Å². The van der Waals surface area contributed by atoms with Gasteiger partial charge in [0.15, 0.2) is 11.7 Å². The summed E-state index contributed by atoms with van der Waals surface area (Å²) in [6.07, 6.45) is -2.22. The number of amides is 3. The molecule has 0 atom stereocenters. The zero-order valence-electron chi connectivity index (χ0n) is 25.1. The van der Waals surface area contributed by atoms with Gasteiger partial charge in [-0.25, -0.2) is 9.59 Å². The van der Waals surface area contributed by atoms with Gasteiger partial charge < -0.3 is 29.5 Å². The number of aliphatic carboxylic acids is 1. The van der Waals surface area contributed by atoms with Gasteiger partial charge in [-0.15, -0.1) is 0 Å². The van der Waals surface area contributed by atoms with Crippen molar-refractivity contribution in [3.63, 3.8) is 0 Å². The number of imide groups is 1. The lowest BCUT2D eigenvalue weighted by Gasteiger charge is -2.34. The summed E-state index contributed by atoms with van der Waals surface area (Å²) < 4.78 is 15.9. The predicted molar refractivity (Wildman–Crippen MR) is 152 cm³/mol. The molecule has 1 aromatic carbocycles. The normalized spacial score (nSPS) is 14.3. The summed E-state index contributed by atoms with van der Waals surface area (Å²) >= 11 is 0. The molecule has 41 heavy (non-hydrogen) atoms. The fourth-order valence-corrected chi connectivity index (χ4v) is 3.71. The first-order valence-corrected chi connectivity index (χ1v) is 12.9. The minimum absolute atomic E-state index is 0.0768. The van der Waals surface area contributed by atoms with Crippen LogP contribution in [0.25, 0.3) is 0 Å². The summed E-state index contributed by atoms with van der Waals surface area (Å²) in [5.41, 5.74) is -2.35. The molecule has 0 spiro atoms. The number of hydrogen-bond donors (Lipinski definition) is 3. The highest BCUT2D eigenvalue weighted by molar-refractivity contribution is 6.30. The molecule has 3 N–H and O–H groups in total. The molecular formula is C29H40N4O8. The fraction of sp³-hybridized carbons (Fsp3) is 0.483.